The molecule has 1 aromatic rings. The Morgan fingerprint density at radius 2 is 1.28 bits per heavy atom. The van der Waals surface area contributed by atoms with Crippen LogP contribution in [0.25, 0.3) is 0 Å². The van der Waals surface area contributed by atoms with Gasteiger partial charge in [0.2, 0.25) is 0 Å². The van der Waals surface area contributed by atoms with Gasteiger partial charge in [0.15, 0.2) is 0 Å². The van der Waals surface area contributed by atoms with Crippen LogP contribution >= 0.6 is 0 Å². The molecule has 1 aromatic carbocycles. The van der Waals surface area contributed by atoms with E-state index < -0.39 is 0 Å². The summed E-state index contributed by atoms with van der Waals surface area (Å²) in [4.78, 5) is 0. The average Bonchev–Trinajstić information content (AvgIpc) is 2.24. The first-order valence-electron chi connectivity index (χ1n) is 6.94. The summed E-state index contributed by atoms with van der Waals surface area (Å²) >= 11 is 0.750. The molecule has 1 rings (SSSR count). The normalized spacial score (nSPS) is 10.0. The van der Waals surface area contributed by atoms with Gasteiger partial charge in [0.05, 0.1) is 0 Å². The van der Waals surface area contributed by atoms with Crippen molar-refractivity contribution in [2.45, 2.75) is 52.1 Å². The summed E-state index contributed by atoms with van der Waals surface area (Å²) in [6.07, 6.45) is 1.79. The van der Waals surface area contributed by atoms with E-state index in [0.717, 1.165) is 39.2 Å². The van der Waals surface area contributed by atoms with Gasteiger partial charge in [-0.3, -0.25) is 0 Å². The standard InChI is InChI=1S/C14H22O.2CH3.Al/c1-10(2)8-12-6-5-7-13(14(12)15)9-11(3)4;;;/h5-7,10-11,15H,8-9H2,1-4H3;2*1H3;/q;;;+1/p-1. The van der Waals surface area contributed by atoms with E-state index in [0.29, 0.717) is 11.8 Å². The van der Waals surface area contributed by atoms with Gasteiger partial charge in [-0.2, -0.15) is 0 Å². The molecule has 0 saturated heterocycles. The molecule has 0 unspecified atom stereocenters. The van der Waals surface area contributed by atoms with Crippen LogP contribution in [0.5, 0.6) is 5.75 Å². The van der Waals surface area contributed by atoms with Crippen LogP contribution in [-0.2, 0) is 12.8 Å². The molecule has 0 aliphatic rings. The molecule has 0 atom stereocenters. The minimum absolute atomic E-state index is 0.264. The summed E-state index contributed by atoms with van der Waals surface area (Å²) in [7, 11) is 0. The van der Waals surface area contributed by atoms with E-state index in [1.807, 2.05) is 18.2 Å². The zero-order valence-electron chi connectivity index (χ0n) is 12.8. The average molecular weight is 262 g/mol. The predicted molar refractivity (Wildman–Crippen MR) is 80.5 cm³/mol. The first-order chi connectivity index (χ1) is 8.42. The van der Waals surface area contributed by atoms with E-state index in [2.05, 4.69) is 39.3 Å². The topological polar surface area (TPSA) is 23.1 Å². The van der Waals surface area contributed by atoms with Gasteiger partial charge in [-0.1, -0.05) is 57.0 Å². The molecule has 0 aliphatic carbocycles. The molecule has 100 valence electrons. The summed E-state index contributed by atoms with van der Waals surface area (Å²) in [6, 6.07) is 5.94. The molecule has 0 fully saturated rings. The zero-order chi connectivity index (χ0) is 14.1. The van der Waals surface area contributed by atoms with Crippen LogP contribution in [0.2, 0.25) is 11.6 Å². The Morgan fingerprint density at radius 1 is 0.944 bits per heavy atom. The minimum atomic E-state index is 0.264. The quantitative estimate of drug-likeness (QED) is 0.754. The molecule has 2 heteroatoms. The number of rotatable bonds is 4. The first kappa shape index (κ1) is 17.6. The van der Waals surface area contributed by atoms with Crippen molar-refractivity contribution >= 4 is 15.2 Å². The second-order valence-electron chi connectivity index (χ2n) is 5.68. The van der Waals surface area contributed by atoms with Crippen molar-refractivity contribution in [1.29, 1.82) is 0 Å². The third-order valence-corrected chi connectivity index (χ3v) is 2.43. The molecule has 0 bridgehead atoms. The third-order valence-electron chi connectivity index (χ3n) is 2.43. The molecule has 0 aromatic heterocycles. The van der Waals surface area contributed by atoms with Gasteiger partial charge in [-0.15, -0.1) is 5.75 Å². The second-order valence-corrected chi connectivity index (χ2v) is 6.83. The van der Waals surface area contributed by atoms with E-state index in [1.165, 1.54) is 0 Å². The number of hydrogen-bond donors (Lipinski definition) is 0. The van der Waals surface area contributed by atoms with Crippen molar-refractivity contribution in [2.24, 2.45) is 11.8 Å². The van der Waals surface area contributed by atoms with E-state index >= 15 is 0 Å². The van der Waals surface area contributed by atoms with E-state index in [9.17, 15) is 5.11 Å². The SMILES string of the molecule is CC(C)Cc1cccc(CC(C)C)c1[O-].[CH3][Al+][CH3]. The Labute approximate surface area is 119 Å². The third kappa shape index (κ3) is 7.09. The van der Waals surface area contributed by atoms with Crippen LogP contribution in [0, 0.1) is 11.8 Å². The van der Waals surface area contributed by atoms with Crippen molar-refractivity contribution in [1.82, 2.24) is 0 Å². The van der Waals surface area contributed by atoms with Gasteiger partial charge < -0.3 is 5.11 Å². The molecular weight excluding hydrogens is 235 g/mol. The van der Waals surface area contributed by atoms with Crippen molar-refractivity contribution in [3.63, 3.8) is 0 Å². The van der Waals surface area contributed by atoms with Crippen molar-refractivity contribution in [3.05, 3.63) is 29.3 Å². The fourth-order valence-corrected chi connectivity index (χ4v) is 1.84. The van der Waals surface area contributed by atoms with Crippen molar-refractivity contribution in [2.75, 3.05) is 0 Å². The Morgan fingerprint density at radius 3 is 1.56 bits per heavy atom. The number of para-hydroxylation sites is 1. The fourth-order valence-electron chi connectivity index (χ4n) is 1.84. The predicted octanol–water partition coefficient (Wildman–Crippen LogP) is 3.94. The maximum atomic E-state index is 12.0. The Bertz CT molecular complexity index is 304. The van der Waals surface area contributed by atoms with E-state index in [4.69, 9.17) is 0 Å². The van der Waals surface area contributed by atoms with Gasteiger partial charge in [0, 0.05) is 0 Å². The van der Waals surface area contributed by atoms with Crippen LogP contribution in [-0.4, -0.2) is 15.2 Å². The van der Waals surface area contributed by atoms with Crippen LogP contribution in [0.4, 0.5) is 0 Å². The van der Waals surface area contributed by atoms with Gasteiger partial charge in [0.1, 0.15) is 0 Å². The molecular formula is C16H27AlO. The first-order valence-corrected chi connectivity index (χ1v) is 9.25. The van der Waals surface area contributed by atoms with Crippen LogP contribution in [0.1, 0.15) is 38.8 Å². The molecule has 18 heavy (non-hydrogen) atoms. The number of hydrogen-bond acceptors (Lipinski definition) is 1. The fraction of sp³-hybridized carbons (Fsp3) is 0.625. The van der Waals surface area contributed by atoms with Crippen molar-refractivity contribution in [3.8, 4) is 5.75 Å². The molecule has 0 radical (unpaired) electrons. The maximum absolute atomic E-state index is 12.0. The number of benzene rings is 1. The van der Waals surface area contributed by atoms with E-state index in [-0.39, 0.29) is 5.75 Å². The van der Waals surface area contributed by atoms with Gasteiger partial charge in [-0.05, 0) is 24.7 Å². The van der Waals surface area contributed by atoms with Crippen LogP contribution in [0.15, 0.2) is 18.2 Å². The summed E-state index contributed by atoms with van der Waals surface area (Å²) in [5, 5.41) is 12.0. The van der Waals surface area contributed by atoms with Crippen molar-refractivity contribution < 1.29 is 5.11 Å². The molecule has 0 heterocycles. The summed E-state index contributed by atoms with van der Waals surface area (Å²) < 4.78 is 0. The molecule has 0 aliphatic heterocycles. The monoisotopic (exact) mass is 262 g/mol. The van der Waals surface area contributed by atoms with E-state index in [1.54, 1.807) is 0 Å². The Kier molecular flexibility index (Phi) is 9.24. The van der Waals surface area contributed by atoms with Crippen LogP contribution in [0.3, 0.4) is 0 Å². The summed E-state index contributed by atoms with van der Waals surface area (Å²) in [5.41, 5.74) is 1.95. The summed E-state index contributed by atoms with van der Waals surface area (Å²) in [6.45, 7) is 8.59. The molecule has 1 nitrogen and oxygen atoms in total. The zero-order valence-corrected chi connectivity index (χ0v) is 13.9. The van der Waals surface area contributed by atoms with Crippen LogP contribution < -0.4 is 5.11 Å². The van der Waals surface area contributed by atoms with Gasteiger partial charge in [-0.25, -0.2) is 0 Å². The summed E-state index contributed by atoms with van der Waals surface area (Å²) in [5.74, 6) is 5.78. The Hall–Kier alpha value is -0.448. The van der Waals surface area contributed by atoms with Gasteiger partial charge in [0.25, 0.3) is 0 Å². The molecule has 0 spiro atoms. The Balaban J connectivity index is 0.000000873. The molecule has 0 saturated carbocycles. The molecule has 0 amide bonds. The molecule has 0 N–H and O–H groups in total. The van der Waals surface area contributed by atoms with Gasteiger partial charge >= 0.3 is 26.8 Å². The second kappa shape index (κ2) is 9.48.